The number of carboxylic acid groups (broad SMARTS) is 1. The second kappa shape index (κ2) is 11.6. The minimum Gasteiger partial charge on any atom is -0.497 e. The van der Waals surface area contributed by atoms with Crippen LogP contribution < -0.4 is 34.9 Å². The fourth-order valence-electron chi connectivity index (χ4n) is 3.43. The Hall–Kier alpha value is -5.26. The van der Waals surface area contributed by atoms with Gasteiger partial charge < -0.3 is 40.0 Å². The molecule has 0 fully saturated rings. The van der Waals surface area contributed by atoms with E-state index in [1.807, 2.05) is 0 Å². The highest BCUT2D eigenvalue weighted by Crippen LogP contribution is 2.33. The molecule has 4 aromatic rings. The number of anilines is 6. The fourth-order valence-corrected chi connectivity index (χ4v) is 3.43. The first-order chi connectivity index (χ1) is 18.4. The molecule has 196 valence electrons. The molecule has 0 aliphatic rings. The predicted octanol–water partition coefficient (Wildman–Crippen LogP) is 4.84. The third-order valence-electron chi connectivity index (χ3n) is 5.33. The Morgan fingerprint density at radius 3 is 1.47 bits per heavy atom. The van der Waals surface area contributed by atoms with Crippen molar-refractivity contribution in [3.05, 3.63) is 66.2 Å². The molecule has 12 heteroatoms. The van der Waals surface area contributed by atoms with Gasteiger partial charge in [-0.3, -0.25) is 0 Å². The van der Waals surface area contributed by atoms with Crippen LogP contribution in [0.2, 0.25) is 0 Å². The molecule has 0 saturated heterocycles. The number of aromatic nitrogens is 3. The number of benzene rings is 3. The second-order valence-electron chi connectivity index (χ2n) is 7.70. The maximum absolute atomic E-state index is 11.2. The Balaban J connectivity index is 1.73. The SMILES string of the molecule is COc1ccc(OC)c(Nc2nc(Nc3ccc(C(=O)O)cc3)nc(Nc3cc(OC)ccc3OC)n2)c1. The molecular formula is C26H26N6O6. The van der Waals surface area contributed by atoms with Crippen molar-refractivity contribution in [2.45, 2.75) is 0 Å². The first kappa shape index (κ1) is 25.8. The van der Waals surface area contributed by atoms with E-state index in [1.165, 1.54) is 12.1 Å². The Labute approximate surface area is 218 Å². The highest BCUT2D eigenvalue weighted by Gasteiger charge is 2.14. The van der Waals surface area contributed by atoms with Crippen molar-refractivity contribution in [1.82, 2.24) is 15.0 Å². The summed E-state index contributed by atoms with van der Waals surface area (Å²) in [5, 5.41) is 18.5. The van der Waals surface area contributed by atoms with Gasteiger partial charge in [-0.15, -0.1) is 0 Å². The maximum atomic E-state index is 11.2. The first-order valence-electron chi connectivity index (χ1n) is 11.3. The Bertz CT molecular complexity index is 1350. The summed E-state index contributed by atoms with van der Waals surface area (Å²) in [6.07, 6.45) is 0. The minimum absolute atomic E-state index is 0.158. The number of nitrogens with one attached hydrogen (secondary N) is 3. The van der Waals surface area contributed by atoms with Gasteiger partial charge in [0.2, 0.25) is 17.8 Å². The molecule has 1 heterocycles. The Kier molecular flexibility index (Phi) is 7.92. The monoisotopic (exact) mass is 518 g/mol. The van der Waals surface area contributed by atoms with E-state index in [1.54, 1.807) is 77.0 Å². The molecule has 4 N–H and O–H groups in total. The molecule has 0 bridgehead atoms. The number of ether oxygens (including phenoxy) is 4. The van der Waals surface area contributed by atoms with Crippen LogP contribution in [0.15, 0.2) is 60.7 Å². The van der Waals surface area contributed by atoms with E-state index < -0.39 is 5.97 Å². The topological polar surface area (TPSA) is 149 Å². The zero-order valence-electron chi connectivity index (χ0n) is 21.1. The van der Waals surface area contributed by atoms with Crippen molar-refractivity contribution < 1.29 is 28.8 Å². The lowest BCUT2D eigenvalue weighted by Gasteiger charge is -2.15. The standard InChI is InChI=1S/C26H26N6O6/c1-35-17-9-11-21(37-3)19(13-17)28-25-30-24(27-16-7-5-15(6-8-16)23(33)34)31-26(32-25)29-20-14-18(36-2)10-12-22(20)38-4/h5-14H,1-4H3,(H,33,34)(H3,27,28,29,30,31,32). The highest BCUT2D eigenvalue weighted by molar-refractivity contribution is 5.88. The van der Waals surface area contributed by atoms with E-state index in [0.717, 1.165) is 0 Å². The van der Waals surface area contributed by atoms with E-state index in [4.69, 9.17) is 18.9 Å². The van der Waals surface area contributed by atoms with E-state index in [-0.39, 0.29) is 23.4 Å². The smallest absolute Gasteiger partial charge is 0.335 e. The normalized spacial score (nSPS) is 10.3. The van der Waals surface area contributed by atoms with Crippen molar-refractivity contribution in [1.29, 1.82) is 0 Å². The summed E-state index contributed by atoms with van der Waals surface area (Å²) in [5.74, 6) is 1.88. The third kappa shape index (κ3) is 6.10. The predicted molar refractivity (Wildman–Crippen MR) is 142 cm³/mol. The molecule has 0 atom stereocenters. The highest BCUT2D eigenvalue weighted by atomic mass is 16.5. The van der Waals surface area contributed by atoms with Gasteiger partial charge in [-0.2, -0.15) is 15.0 Å². The molecule has 0 radical (unpaired) electrons. The van der Waals surface area contributed by atoms with Crippen molar-refractivity contribution in [2.24, 2.45) is 0 Å². The average molecular weight is 519 g/mol. The van der Waals surface area contributed by atoms with Crippen LogP contribution in [-0.4, -0.2) is 54.5 Å². The number of rotatable bonds is 11. The Morgan fingerprint density at radius 1 is 0.632 bits per heavy atom. The number of nitrogens with zero attached hydrogens (tertiary/aromatic N) is 3. The lowest BCUT2D eigenvalue weighted by atomic mass is 10.2. The summed E-state index contributed by atoms with van der Waals surface area (Å²) in [5.41, 5.74) is 1.88. The van der Waals surface area contributed by atoms with Crippen LogP contribution in [0.3, 0.4) is 0 Å². The number of carboxylic acids is 1. The third-order valence-corrected chi connectivity index (χ3v) is 5.33. The maximum Gasteiger partial charge on any atom is 0.335 e. The number of aromatic carboxylic acids is 1. The molecule has 1 aromatic heterocycles. The van der Waals surface area contributed by atoms with Crippen molar-refractivity contribution in [3.8, 4) is 23.0 Å². The van der Waals surface area contributed by atoms with Crippen molar-refractivity contribution in [2.75, 3.05) is 44.4 Å². The molecular weight excluding hydrogens is 492 g/mol. The summed E-state index contributed by atoms with van der Waals surface area (Å²) >= 11 is 0. The van der Waals surface area contributed by atoms with Gasteiger partial charge in [-0.05, 0) is 48.5 Å². The van der Waals surface area contributed by atoms with Gasteiger partial charge in [0.05, 0.1) is 45.4 Å². The second-order valence-corrected chi connectivity index (χ2v) is 7.70. The summed E-state index contributed by atoms with van der Waals surface area (Å²) in [6.45, 7) is 0. The fraction of sp³-hybridized carbons (Fsp3) is 0.154. The number of hydrogen-bond donors (Lipinski definition) is 4. The molecule has 0 aliphatic heterocycles. The van der Waals surface area contributed by atoms with E-state index >= 15 is 0 Å². The zero-order chi connectivity index (χ0) is 27.1. The van der Waals surface area contributed by atoms with Crippen LogP contribution >= 0.6 is 0 Å². The van der Waals surface area contributed by atoms with Crippen LogP contribution in [-0.2, 0) is 0 Å². The molecule has 0 amide bonds. The van der Waals surface area contributed by atoms with Crippen LogP contribution in [0.1, 0.15) is 10.4 Å². The quantitative estimate of drug-likeness (QED) is 0.215. The van der Waals surface area contributed by atoms with Crippen molar-refractivity contribution >= 4 is 40.9 Å². The lowest BCUT2D eigenvalue weighted by molar-refractivity contribution is 0.0697. The average Bonchev–Trinajstić information content (AvgIpc) is 2.93. The van der Waals surface area contributed by atoms with Crippen LogP contribution in [0.25, 0.3) is 0 Å². The molecule has 3 aromatic carbocycles. The van der Waals surface area contributed by atoms with Gasteiger partial charge in [0.1, 0.15) is 23.0 Å². The van der Waals surface area contributed by atoms with Crippen molar-refractivity contribution in [3.63, 3.8) is 0 Å². The van der Waals surface area contributed by atoms with Gasteiger partial charge in [0.25, 0.3) is 0 Å². The molecule has 38 heavy (non-hydrogen) atoms. The number of hydrogen-bond acceptors (Lipinski definition) is 11. The van der Waals surface area contributed by atoms with E-state index in [9.17, 15) is 9.90 Å². The van der Waals surface area contributed by atoms with Gasteiger partial charge in [-0.25, -0.2) is 4.79 Å². The molecule has 0 saturated carbocycles. The van der Waals surface area contributed by atoms with Gasteiger partial charge in [0.15, 0.2) is 0 Å². The van der Waals surface area contributed by atoms with Gasteiger partial charge in [-0.1, -0.05) is 0 Å². The summed E-state index contributed by atoms with van der Waals surface area (Å²) in [7, 11) is 6.23. The van der Waals surface area contributed by atoms with Gasteiger partial charge in [0, 0.05) is 17.8 Å². The molecule has 0 spiro atoms. The van der Waals surface area contributed by atoms with E-state index in [2.05, 4.69) is 30.9 Å². The lowest BCUT2D eigenvalue weighted by Crippen LogP contribution is -2.08. The minimum atomic E-state index is -1.02. The molecule has 12 nitrogen and oxygen atoms in total. The van der Waals surface area contributed by atoms with Gasteiger partial charge >= 0.3 is 5.97 Å². The zero-order valence-corrected chi connectivity index (χ0v) is 21.1. The van der Waals surface area contributed by atoms with E-state index in [0.29, 0.717) is 40.1 Å². The first-order valence-corrected chi connectivity index (χ1v) is 11.3. The summed E-state index contributed by atoms with van der Waals surface area (Å²) in [6, 6.07) is 16.7. The molecule has 0 aliphatic carbocycles. The largest absolute Gasteiger partial charge is 0.497 e. The Morgan fingerprint density at radius 2 is 1.08 bits per heavy atom. The van der Waals surface area contributed by atoms with Crippen LogP contribution in [0.4, 0.5) is 34.9 Å². The molecule has 4 rings (SSSR count). The number of carbonyl (C=O) groups is 1. The van der Waals surface area contributed by atoms with Crippen LogP contribution in [0, 0.1) is 0 Å². The molecule has 0 unspecified atom stereocenters. The number of methoxy groups -OCH3 is 4. The summed E-state index contributed by atoms with van der Waals surface area (Å²) in [4.78, 5) is 24.7. The summed E-state index contributed by atoms with van der Waals surface area (Å²) < 4.78 is 21.6. The van der Waals surface area contributed by atoms with Crippen LogP contribution in [0.5, 0.6) is 23.0 Å².